The Morgan fingerprint density at radius 2 is 1.20 bits per heavy atom. The maximum Gasteiger partial charge on any atom is 0.310 e. The Hall–Kier alpha value is -5.29. The summed E-state index contributed by atoms with van der Waals surface area (Å²) >= 11 is 0. The average Bonchev–Trinajstić information content (AvgIpc) is 3.87. The van der Waals surface area contributed by atoms with Gasteiger partial charge in [0.1, 0.15) is 12.7 Å². The molecule has 3 aliphatic heterocycles. The third kappa shape index (κ3) is 9.77. The van der Waals surface area contributed by atoms with Crippen molar-refractivity contribution in [1.82, 2.24) is 0 Å². The van der Waals surface area contributed by atoms with E-state index in [2.05, 4.69) is 0 Å². The van der Waals surface area contributed by atoms with Crippen molar-refractivity contribution in [3.63, 3.8) is 0 Å². The molecule has 17 heteroatoms. The number of esters is 5. The predicted octanol–water partition coefficient (Wildman–Crippen LogP) is 5.64. The molecule has 17 nitrogen and oxygen atoms in total. The van der Waals surface area contributed by atoms with Crippen molar-refractivity contribution in [2.45, 2.75) is 122 Å². The number of fused-ring (bicyclic) bond motifs is 3. The Morgan fingerprint density at radius 3 is 1.75 bits per heavy atom. The number of benzene rings is 2. The van der Waals surface area contributed by atoms with Gasteiger partial charge in [-0.3, -0.25) is 24.0 Å². The zero-order valence-electron chi connectivity index (χ0n) is 35.7. The predicted molar refractivity (Wildman–Crippen MR) is 211 cm³/mol. The Morgan fingerprint density at radius 1 is 0.656 bits per heavy atom. The van der Waals surface area contributed by atoms with Gasteiger partial charge in [-0.05, 0) is 66.6 Å². The number of carbonyl (C=O) groups is 5. The molecule has 2 aromatic carbocycles. The second-order valence-corrected chi connectivity index (χ2v) is 15.2. The zero-order valence-corrected chi connectivity index (χ0v) is 35.7. The van der Waals surface area contributed by atoms with E-state index in [0.29, 0.717) is 71.1 Å². The van der Waals surface area contributed by atoms with Gasteiger partial charge in [0, 0.05) is 37.5 Å². The van der Waals surface area contributed by atoms with Gasteiger partial charge in [-0.1, -0.05) is 27.7 Å². The number of rotatable bonds is 19. The summed E-state index contributed by atoms with van der Waals surface area (Å²) < 4.78 is 71.7. The molecule has 0 aromatic heterocycles. The topological polar surface area (TPSA) is 196 Å². The summed E-state index contributed by atoms with van der Waals surface area (Å²) in [6, 6.07) is 7.11. The monoisotopic (exact) mass is 856 g/mol. The molecule has 2 aromatic rings. The lowest BCUT2D eigenvalue weighted by Crippen LogP contribution is -2.63. The fraction of sp³-hybridized carbons (Fsp3) is 0.614. The van der Waals surface area contributed by atoms with Gasteiger partial charge in [0.05, 0.1) is 40.0 Å². The van der Waals surface area contributed by atoms with Gasteiger partial charge in [0.15, 0.2) is 47.6 Å². The minimum atomic E-state index is -1.53. The summed E-state index contributed by atoms with van der Waals surface area (Å²) in [5.74, 6) is -3.17. The van der Waals surface area contributed by atoms with Crippen molar-refractivity contribution in [3.05, 3.63) is 41.0 Å². The first-order valence-electron chi connectivity index (χ1n) is 20.9. The van der Waals surface area contributed by atoms with E-state index in [1.807, 2.05) is 6.92 Å². The molecule has 6 rings (SSSR count). The summed E-state index contributed by atoms with van der Waals surface area (Å²) in [6.45, 7) is 6.68. The summed E-state index contributed by atoms with van der Waals surface area (Å²) in [5.41, 5.74) is 1.85. The van der Waals surface area contributed by atoms with Crippen LogP contribution in [-0.2, 0) is 57.1 Å². The van der Waals surface area contributed by atoms with Crippen molar-refractivity contribution < 1.29 is 80.8 Å². The molecule has 0 spiro atoms. The van der Waals surface area contributed by atoms with Crippen LogP contribution >= 0.6 is 0 Å². The van der Waals surface area contributed by atoms with Crippen LogP contribution in [0.25, 0.3) is 0 Å². The number of methoxy groups -OCH3 is 3. The largest absolute Gasteiger partial charge is 0.493 e. The first-order valence-corrected chi connectivity index (χ1v) is 20.9. The van der Waals surface area contributed by atoms with Gasteiger partial charge < -0.3 is 56.8 Å². The van der Waals surface area contributed by atoms with Gasteiger partial charge in [-0.15, -0.1) is 0 Å². The van der Waals surface area contributed by atoms with Gasteiger partial charge >= 0.3 is 29.8 Å². The van der Waals surface area contributed by atoms with Gasteiger partial charge in [-0.2, -0.15) is 0 Å². The molecule has 2 saturated heterocycles. The second-order valence-electron chi connectivity index (χ2n) is 15.2. The van der Waals surface area contributed by atoms with Crippen molar-refractivity contribution in [1.29, 1.82) is 0 Å². The Bertz CT molecular complexity index is 1890. The Balaban J connectivity index is 1.50. The minimum absolute atomic E-state index is 0.001000. The van der Waals surface area contributed by atoms with Crippen LogP contribution in [0.1, 0.15) is 108 Å². The fourth-order valence-electron chi connectivity index (χ4n) is 8.33. The third-order valence-corrected chi connectivity index (χ3v) is 11.1. The second kappa shape index (κ2) is 20.5. The number of carbonyl (C=O) groups excluding carboxylic acids is 5. The SMILES string of the molecule is CCCC(=O)OC[C@H]1O[C@H](O[C@@H]2c3cc4c(cc3[C@@H](c3cc(OC)c(OC)c(OC)c3)[C@H]3C(=O)OC[C@@H]32)OCO4)[C@@H](OC(=O)CCC)[C@@H](OC(=O)CCC)[C@@H]1OC(=O)CCC. The van der Waals surface area contributed by atoms with Gasteiger partial charge in [0.25, 0.3) is 0 Å². The normalized spacial score (nSPS) is 26.0. The lowest BCUT2D eigenvalue weighted by atomic mass is 9.66. The van der Waals surface area contributed by atoms with E-state index < -0.39 is 91.0 Å². The van der Waals surface area contributed by atoms with Gasteiger partial charge in [0.2, 0.25) is 12.5 Å². The van der Waals surface area contributed by atoms with Crippen LogP contribution < -0.4 is 23.7 Å². The molecule has 0 unspecified atom stereocenters. The molecular weight excluding hydrogens is 800 g/mol. The van der Waals surface area contributed by atoms with Gasteiger partial charge in [-0.25, -0.2) is 0 Å². The lowest BCUT2D eigenvalue weighted by Gasteiger charge is -2.47. The summed E-state index contributed by atoms with van der Waals surface area (Å²) in [6.07, 6.45) is -6.19. The molecule has 2 fully saturated rings. The van der Waals surface area contributed by atoms with E-state index in [-0.39, 0.29) is 39.1 Å². The molecule has 0 radical (unpaired) electrons. The zero-order chi connectivity index (χ0) is 43.8. The van der Waals surface area contributed by atoms with Crippen LogP contribution in [0, 0.1) is 11.8 Å². The van der Waals surface area contributed by atoms with Crippen molar-refractivity contribution >= 4 is 29.8 Å². The maximum absolute atomic E-state index is 14.0. The van der Waals surface area contributed by atoms with Crippen LogP contribution in [0.15, 0.2) is 24.3 Å². The fourth-order valence-corrected chi connectivity index (χ4v) is 8.33. The van der Waals surface area contributed by atoms with Crippen molar-refractivity contribution in [2.24, 2.45) is 11.8 Å². The molecule has 0 saturated carbocycles. The molecule has 1 aliphatic carbocycles. The highest BCUT2D eigenvalue weighted by molar-refractivity contribution is 5.79. The minimum Gasteiger partial charge on any atom is -0.493 e. The van der Waals surface area contributed by atoms with Crippen LogP contribution in [-0.4, -0.2) is 102 Å². The highest BCUT2D eigenvalue weighted by Crippen LogP contribution is 2.57. The van der Waals surface area contributed by atoms with E-state index >= 15 is 0 Å². The first-order chi connectivity index (χ1) is 29.5. The van der Waals surface area contributed by atoms with E-state index in [0.717, 1.165) is 0 Å². The van der Waals surface area contributed by atoms with Crippen LogP contribution in [0.5, 0.6) is 28.7 Å². The number of hydrogen-bond acceptors (Lipinski definition) is 17. The Kier molecular flexibility index (Phi) is 15.2. The molecule has 61 heavy (non-hydrogen) atoms. The smallest absolute Gasteiger partial charge is 0.310 e. The van der Waals surface area contributed by atoms with Crippen molar-refractivity contribution in [3.8, 4) is 28.7 Å². The van der Waals surface area contributed by atoms with Crippen molar-refractivity contribution in [2.75, 3.05) is 41.3 Å². The first kappa shape index (κ1) is 45.2. The van der Waals surface area contributed by atoms with Crippen LogP contribution in [0.3, 0.4) is 0 Å². The third-order valence-electron chi connectivity index (χ3n) is 11.1. The summed E-state index contributed by atoms with van der Waals surface area (Å²) in [5, 5.41) is 0. The maximum atomic E-state index is 14.0. The number of cyclic esters (lactones) is 1. The van der Waals surface area contributed by atoms with E-state index in [4.69, 9.17) is 56.8 Å². The molecule has 9 atom stereocenters. The highest BCUT2D eigenvalue weighted by Gasteiger charge is 2.58. The molecule has 4 aliphatic rings. The number of ether oxygens (including phenoxy) is 12. The molecule has 3 heterocycles. The van der Waals surface area contributed by atoms with E-state index in [1.54, 1.807) is 45.0 Å². The lowest BCUT2D eigenvalue weighted by molar-refractivity contribution is -0.323. The van der Waals surface area contributed by atoms with Crippen LogP contribution in [0.2, 0.25) is 0 Å². The summed E-state index contributed by atoms with van der Waals surface area (Å²) in [4.78, 5) is 66.7. The molecule has 0 N–H and O–H groups in total. The quantitative estimate of drug-likeness (QED) is 0.124. The number of hydrogen-bond donors (Lipinski definition) is 0. The standard InChI is InChI=1S/C44H56O17/c1-8-12-32(45)53-21-31-40(58-33(46)13-9-2)41(59-34(47)14-10-3)42(60-35(48)15-11-4)44(57-31)61-38-25-19-28-27(55-22-56-28)18-24(25)36(37-26(38)20-54-43(37)49)23-16-29(50-5)39(52-7)30(17-23)51-6/h16-19,26,31,36-38,40-42,44H,8-15,20-22H2,1-7H3/t26-,31+,36+,37-,38+,40+,41-,42-,44+/m0/s1. The van der Waals surface area contributed by atoms with E-state index in [9.17, 15) is 24.0 Å². The molecule has 0 bridgehead atoms. The van der Waals surface area contributed by atoms with Crippen LogP contribution in [0.4, 0.5) is 0 Å². The molecular formula is C44H56O17. The highest BCUT2D eigenvalue weighted by atomic mass is 16.7. The summed E-state index contributed by atoms with van der Waals surface area (Å²) in [7, 11) is 4.49. The Labute approximate surface area is 354 Å². The molecule has 334 valence electrons. The average molecular weight is 857 g/mol. The van der Waals surface area contributed by atoms with E-state index in [1.165, 1.54) is 21.3 Å². The molecule has 0 amide bonds.